The van der Waals surface area contributed by atoms with Crippen molar-refractivity contribution in [2.24, 2.45) is 16.5 Å². The van der Waals surface area contributed by atoms with E-state index >= 15 is 0 Å². The highest BCUT2D eigenvalue weighted by Crippen LogP contribution is 2.29. The van der Waals surface area contributed by atoms with E-state index in [-0.39, 0.29) is 16.2 Å². The molecule has 0 aliphatic carbocycles. The predicted molar refractivity (Wildman–Crippen MR) is 84.0 cm³/mol. The van der Waals surface area contributed by atoms with E-state index in [9.17, 15) is 13.2 Å². The SMILES string of the molecule is CS(=O)(=O)c1cc(C(=O)N=C(N)N)ccc1Oc1ccncc1. The fraction of sp³-hybridized carbons (Fsp3) is 0.0714. The summed E-state index contributed by atoms with van der Waals surface area (Å²) >= 11 is 0. The van der Waals surface area contributed by atoms with Gasteiger partial charge in [-0.3, -0.25) is 9.78 Å². The third-order valence-corrected chi connectivity index (χ3v) is 3.82. The standard InChI is InChI=1S/C14H14N4O4S/c1-23(20,21)12-8-9(13(19)18-14(15)16)2-3-11(12)22-10-4-6-17-7-5-10/h2-8H,1H3,(H4,15,16,18,19). The molecule has 2 rings (SSSR count). The molecule has 0 unspecified atom stereocenters. The highest BCUT2D eigenvalue weighted by Gasteiger charge is 2.18. The number of hydrogen-bond acceptors (Lipinski definition) is 5. The van der Waals surface area contributed by atoms with Crippen LogP contribution in [0, 0.1) is 0 Å². The van der Waals surface area contributed by atoms with E-state index in [1.54, 1.807) is 12.1 Å². The van der Waals surface area contributed by atoms with Crippen molar-refractivity contribution in [1.82, 2.24) is 4.98 Å². The number of rotatable bonds is 4. The number of benzene rings is 1. The Morgan fingerprint density at radius 2 is 1.83 bits per heavy atom. The lowest BCUT2D eigenvalue weighted by Gasteiger charge is -2.10. The second-order valence-electron chi connectivity index (χ2n) is 4.56. The first-order valence-corrected chi connectivity index (χ1v) is 8.22. The van der Waals surface area contributed by atoms with Crippen molar-refractivity contribution in [3.63, 3.8) is 0 Å². The number of pyridine rings is 1. The first kappa shape index (κ1) is 16.4. The van der Waals surface area contributed by atoms with Gasteiger partial charge >= 0.3 is 0 Å². The van der Waals surface area contributed by atoms with E-state index < -0.39 is 21.7 Å². The van der Waals surface area contributed by atoms with Crippen LogP contribution in [0.1, 0.15) is 10.4 Å². The van der Waals surface area contributed by atoms with Crippen LogP contribution in [-0.4, -0.2) is 31.5 Å². The number of amides is 1. The molecule has 0 spiro atoms. The Kier molecular flexibility index (Phi) is 4.60. The van der Waals surface area contributed by atoms with Crippen molar-refractivity contribution in [3.05, 3.63) is 48.3 Å². The molecule has 0 saturated heterocycles. The minimum atomic E-state index is -3.64. The first-order chi connectivity index (χ1) is 10.8. The summed E-state index contributed by atoms with van der Waals surface area (Å²) in [5.74, 6) is -0.661. The van der Waals surface area contributed by atoms with Crippen molar-refractivity contribution < 1.29 is 17.9 Å². The second-order valence-corrected chi connectivity index (χ2v) is 6.54. The molecule has 0 aliphatic heterocycles. The van der Waals surface area contributed by atoms with Crippen LogP contribution in [0.5, 0.6) is 11.5 Å². The molecule has 2 aromatic rings. The molecule has 1 aromatic carbocycles. The summed E-state index contributed by atoms with van der Waals surface area (Å²) in [7, 11) is -3.64. The van der Waals surface area contributed by atoms with Gasteiger partial charge in [0.2, 0.25) is 0 Å². The largest absolute Gasteiger partial charge is 0.456 e. The van der Waals surface area contributed by atoms with Crippen LogP contribution in [0.25, 0.3) is 0 Å². The lowest BCUT2D eigenvalue weighted by atomic mass is 10.2. The van der Waals surface area contributed by atoms with E-state index in [1.165, 1.54) is 30.6 Å². The normalized spacial score (nSPS) is 10.8. The fourth-order valence-corrected chi connectivity index (χ4v) is 2.55. The van der Waals surface area contributed by atoms with Crippen LogP contribution >= 0.6 is 0 Å². The maximum atomic E-state index is 12.0. The van der Waals surface area contributed by atoms with Gasteiger partial charge in [-0.2, -0.15) is 4.99 Å². The molecular formula is C14H14N4O4S. The number of aliphatic imine (C=N–C) groups is 1. The number of guanidine groups is 1. The summed E-state index contributed by atoms with van der Waals surface area (Å²) in [5, 5.41) is 0. The summed E-state index contributed by atoms with van der Waals surface area (Å²) in [5.41, 5.74) is 10.3. The van der Waals surface area contributed by atoms with E-state index in [1.807, 2.05) is 0 Å². The number of nitrogens with two attached hydrogens (primary N) is 2. The van der Waals surface area contributed by atoms with E-state index in [4.69, 9.17) is 16.2 Å². The molecule has 0 aliphatic rings. The molecule has 8 nitrogen and oxygen atoms in total. The van der Waals surface area contributed by atoms with Crippen molar-refractivity contribution in [1.29, 1.82) is 0 Å². The van der Waals surface area contributed by atoms with Gasteiger partial charge in [0, 0.05) is 24.2 Å². The first-order valence-electron chi connectivity index (χ1n) is 6.33. The predicted octanol–water partition coefficient (Wildman–Crippen LogP) is 0.691. The smallest absolute Gasteiger partial charge is 0.280 e. The van der Waals surface area contributed by atoms with Crippen molar-refractivity contribution in [3.8, 4) is 11.5 Å². The van der Waals surface area contributed by atoms with Gasteiger partial charge in [0.05, 0.1) is 0 Å². The zero-order chi connectivity index (χ0) is 17.0. The molecule has 0 bridgehead atoms. The number of ether oxygens (including phenoxy) is 1. The van der Waals surface area contributed by atoms with Crippen LogP contribution in [0.15, 0.2) is 52.6 Å². The molecule has 0 fully saturated rings. The van der Waals surface area contributed by atoms with Gasteiger partial charge in [-0.15, -0.1) is 0 Å². The number of hydrogen-bond donors (Lipinski definition) is 2. The lowest BCUT2D eigenvalue weighted by molar-refractivity contribution is 0.100. The summed E-state index contributed by atoms with van der Waals surface area (Å²) < 4.78 is 29.4. The van der Waals surface area contributed by atoms with Crippen LogP contribution in [-0.2, 0) is 9.84 Å². The van der Waals surface area contributed by atoms with Crippen LogP contribution in [0.2, 0.25) is 0 Å². The third kappa shape index (κ3) is 4.27. The average molecular weight is 334 g/mol. The molecule has 1 amide bonds. The number of nitrogens with zero attached hydrogens (tertiary/aromatic N) is 2. The van der Waals surface area contributed by atoms with Gasteiger partial charge in [0.1, 0.15) is 16.4 Å². The number of aromatic nitrogens is 1. The lowest BCUT2D eigenvalue weighted by Crippen LogP contribution is -2.24. The molecule has 23 heavy (non-hydrogen) atoms. The number of carbonyl (C=O) groups is 1. The maximum Gasteiger partial charge on any atom is 0.280 e. The second kappa shape index (κ2) is 6.44. The Labute approximate surface area is 132 Å². The average Bonchev–Trinajstić information content (AvgIpc) is 2.46. The molecule has 1 heterocycles. The van der Waals surface area contributed by atoms with Gasteiger partial charge in [-0.1, -0.05) is 0 Å². The van der Waals surface area contributed by atoms with Crippen LogP contribution < -0.4 is 16.2 Å². The van der Waals surface area contributed by atoms with Crippen molar-refractivity contribution >= 4 is 21.7 Å². The van der Waals surface area contributed by atoms with E-state index in [0.29, 0.717) is 5.75 Å². The number of sulfone groups is 1. The Balaban J connectivity index is 2.48. The zero-order valence-electron chi connectivity index (χ0n) is 12.1. The van der Waals surface area contributed by atoms with E-state index in [0.717, 1.165) is 6.26 Å². The summed E-state index contributed by atoms with van der Waals surface area (Å²) in [6, 6.07) is 7.06. The molecule has 4 N–H and O–H groups in total. The molecular weight excluding hydrogens is 320 g/mol. The Bertz CT molecular complexity index is 860. The topological polar surface area (TPSA) is 138 Å². The van der Waals surface area contributed by atoms with Crippen molar-refractivity contribution in [2.75, 3.05) is 6.26 Å². The molecule has 0 atom stereocenters. The zero-order valence-corrected chi connectivity index (χ0v) is 12.9. The monoisotopic (exact) mass is 334 g/mol. The van der Waals surface area contributed by atoms with Gasteiger partial charge in [0.25, 0.3) is 5.91 Å². The maximum absolute atomic E-state index is 12.0. The van der Waals surface area contributed by atoms with Crippen molar-refractivity contribution in [2.45, 2.75) is 4.90 Å². The number of carbonyl (C=O) groups excluding carboxylic acids is 1. The van der Waals surface area contributed by atoms with Crippen LogP contribution in [0.3, 0.4) is 0 Å². The highest BCUT2D eigenvalue weighted by atomic mass is 32.2. The molecule has 1 aromatic heterocycles. The molecule has 0 saturated carbocycles. The van der Waals surface area contributed by atoms with E-state index in [2.05, 4.69) is 9.98 Å². The minimum Gasteiger partial charge on any atom is -0.456 e. The fourth-order valence-electron chi connectivity index (χ4n) is 1.73. The Morgan fingerprint density at radius 1 is 1.17 bits per heavy atom. The quantitative estimate of drug-likeness (QED) is 0.619. The summed E-state index contributed by atoms with van der Waals surface area (Å²) in [6.07, 6.45) is 4.02. The van der Waals surface area contributed by atoms with Gasteiger partial charge in [-0.25, -0.2) is 8.42 Å². The highest BCUT2D eigenvalue weighted by molar-refractivity contribution is 7.90. The minimum absolute atomic E-state index is 0.0286. The molecule has 120 valence electrons. The van der Waals surface area contributed by atoms with Crippen LogP contribution in [0.4, 0.5) is 0 Å². The Morgan fingerprint density at radius 3 is 2.39 bits per heavy atom. The van der Waals surface area contributed by atoms with Gasteiger partial charge < -0.3 is 16.2 Å². The third-order valence-electron chi connectivity index (χ3n) is 2.70. The summed E-state index contributed by atoms with van der Waals surface area (Å²) in [6.45, 7) is 0. The molecule has 9 heteroatoms. The summed E-state index contributed by atoms with van der Waals surface area (Å²) in [4.78, 5) is 18.9. The van der Waals surface area contributed by atoms with Gasteiger partial charge in [-0.05, 0) is 30.3 Å². The Hall–Kier alpha value is -2.94. The molecule has 0 radical (unpaired) electrons. The van der Waals surface area contributed by atoms with Gasteiger partial charge in [0.15, 0.2) is 15.8 Å².